The fraction of sp³-hybridized carbons (Fsp3) is 0.294. The van der Waals surface area contributed by atoms with Crippen molar-refractivity contribution in [3.05, 3.63) is 64.4 Å². The Labute approximate surface area is 129 Å². The van der Waals surface area contributed by atoms with E-state index in [0.29, 0.717) is 10.7 Å². The number of hydrogen-bond acceptors (Lipinski definition) is 2. The largest absolute Gasteiger partial charge is 0.332 e. The summed E-state index contributed by atoms with van der Waals surface area (Å²) in [6.45, 7) is 2.89. The van der Waals surface area contributed by atoms with E-state index in [1.54, 1.807) is 18.3 Å². The average molecular weight is 301 g/mol. The molecule has 0 aliphatic carbocycles. The van der Waals surface area contributed by atoms with Crippen LogP contribution in [0.3, 0.4) is 0 Å². The van der Waals surface area contributed by atoms with Crippen LogP contribution in [0.2, 0.25) is 5.15 Å². The van der Waals surface area contributed by atoms with Crippen LogP contribution < -0.4 is 0 Å². The third kappa shape index (κ3) is 2.79. The molecular formula is C17H17ClN2O. The van der Waals surface area contributed by atoms with E-state index in [4.69, 9.17) is 11.6 Å². The molecule has 1 unspecified atom stereocenters. The van der Waals surface area contributed by atoms with Crippen LogP contribution in [0.25, 0.3) is 0 Å². The van der Waals surface area contributed by atoms with Crippen LogP contribution in [0.4, 0.5) is 0 Å². The molecule has 1 aromatic carbocycles. The summed E-state index contributed by atoms with van der Waals surface area (Å²) in [5, 5.41) is 0.354. The van der Waals surface area contributed by atoms with Gasteiger partial charge in [0.15, 0.2) is 0 Å². The minimum absolute atomic E-state index is 0.0325. The highest BCUT2D eigenvalue weighted by Gasteiger charge is 2.31. The minimum Gasteiger partial charge on any atom is -0.332 e. The molecule has 1 aliphatic rings. The molecule has 1 saturated heterocycles. The maximum atomic E-state index is 12.7. The zero-order valence-electron chi connectivity index (χ0n) is 11.9. The zero-order chi connectivity index (χ0) is 14.8. The van der Waals surface area contributed by atoms with Crippen molar-refractivity contribution in [2.45, 2.75) is 25.8 Å². The molecule has 1 amide bonds. The lowest BCUT2D eigenvalue weighted by Gasteiger charge is -2.26. The van der Waals surface area contributed by atoms with Crippen LogP contribution >= 0.6 is 11.6 Å². The molecule has 0 spiro atoms. The lowest BCUT2D eigenvalue weighted by atomic mass is 9.99. The smallest absolute Gasteiger partial charge is 0.254 e. The quantitative estimate of drug-likeness (QED) is 0.785. The normalized spacial score (nSPS) is 18.0. The lowest BCUT2D eigenvalue weighted by Crippen LogP contribution is -2.30. The summed E-state index contributed by atoms with van der Waals surface area (Å²) in [5.74, 6) is 0.0325. The predicted molar refractivity (Wildman–Crippen MR) is 83.4 cm³/mol. The molecule has 1 aliphatic heterocycles. The Hall–Kier alpha value is -1.87. The first-order valence-electron chi connectivity index (χ1n) is 7.15. The van der Waals surface area contributed by atoms with Crippen LogP contribution in [0.15, 0.2) is 42.6 Å². The van der Waals surface area contributed by atoms with Crippen LogP contribution in [0.1, 0.15) is 40.4 Å². The number of halogens is 1. The number of pyridine rings is 1. The highest BCUT2D eigenvalue weighted by molar-refractivity contribution is 6.29. The molecule has 21 heavy (non-hydrogen) atoms. The highest BCUT2D eigenvalue weighted by Crippen LogP contribution is 2.34. The maximum absolute atomic E-state index is 12.7. The molecule has 1 aromatic heterocycles. The highest BCUT2D eigenvalue weighted by atomic mass is 35.5. The molecule has 1 atom stereocenters. The maximum Gasteiger partial charge on any atom is 0.254 e. The Balaban J connectivity index is 1.91. The van der Waals surface area contributed by atoms with E-state index in [2.05, 4.69) is 24.0 Å². The number of carbonyl (C=O) groups is 1. The predicted octanol–water partition coefficient (Wildman–Crippen LogP) is 4.02. The Bertz CT molecular complexity index is 671. The second kappa shape index (κ2) is 5.86. The fourth-order valence-corrected chi connectivity index (χ4v) is 3.17. The van der Waals surface area contributed by atoms with Crippen molar-refractivity contribution in [3.63, 3.8) is 0 Å². The van der Waals surface area contributed by atoms with Crippen molar-refractivity contribution in [2.24, 2.45) is 0 Å². The van der Waals surface area contributed by atoms with E-state index >= 15 is 0 Å². The van der Waals surface area contributed by atoms with Gasteiger partial charge < -0.3 is 4.90 Å². The van der Waals surface area contributed by atoms with Gasteiger partial charge in [0, 0.05) is 18.3 Å². The van der Waals surface area contributed by atoms with Gasteiger partial charge in [0.05, 0.1) is 6.04 Å². The van der Waals surface area contributed by atoms with Crippen LogP contribution in [-0.4, -0.2) is 22.3 Å². The van der Waals surface area contributed by atoms with E-state index in [0.717, 1.165) is 19.4 Å². The summed E-state index contributed by atoms with van der Waals surface area (Å²) in [7, 11) is 0. The molecule has 0 saturated carbocycles. The summed E-state index contributed by atoms with van der Waals surface area (Å²) >= 11 is 5.89. The Morgan fingerprint density at radius 1 is 1.33 bits per heavy atom. The number of aromatic nitrogens is 1. The van der Waals surface area contributed by atoms with Gasteiger partial charge in [0.1, 0.15) is 5.15 Å². The number of hydrogen-bond donors (Lipinski definition) is 0. The monoisotopic (exact) mass is 300 g/mol. The van der Waals surface area contributed by atoms with Crippen molar-refractivity contribution >= 4 is 17.5 Å². The first kappa shape index (κ1) is 14.1. The third-order valence-corrected chi connectivity index (χ3v) is 4.24. The van der Waals surface area contributed by atoms with Gasteiger partial charge >= 0.3 is 0 Å². The third-order valence-electron chi connectivity index (χ3n) is 4.03. The van der Waals surface area contributed by atoms with Gasteiger partial charge in [-0.25, -0.2) is 4.98 Å². The molecule has 1 fully saturated rings. The summed E-state index contributed by atoms with van der Waals surface area (Å²) < 4.78 is 0. The zero-order valence-corrected chi connectivity index (χ0v) is 12.7. The molecular weight excluding hydrogens is 284 g/mol. The molecule has 2 heterocycles. The average Bonchev–Trinajstić information content (AvgIpc) is 2.96. The van der Waals surface area contributed by atoms with Crippen molar-refractivity contribution in [3.8, 4) is 0 Å². The summed E-state index contributed by atoms with van der Waals surface area (Å²) in [6.07, 6.45) is 3.62. The molecule has 4 heteroatoms. The lowest BCUT2D eigenvalue weighted by molar-refractivity contribution is 0.0735. The number of benzene rings is 1. The summed E-state index contributed by atoms with van der Waals surface area (Å²) in [5.41, 5.74) is 3.08. The Kier molecular flexibility index (Phi) is 3.93. The number of amides is 1. The number of carbonyl (C=O) groups excluding carboxylic acids is 1. The first-order valence-corrected chi connectivity index (χ1v) is 7.52. The van der Waals surface area contributed by atoms with Gasteiger partial charge in [-0.15, -0.1) is 0 Å². The number of nitrogens with zero attached hydrogens (tertiary/aromatic N) is 2. The van der Waals surface area contributed by atoms with Crippen molar-refractivity contribution < 1.29 is 4.79 Å². The fourth-order valence-electron chi connectivity index (χ4n) is 3.00. The number of rotatable bonds is 2. The van der Waals surface area contributed by atoms with E-state index in [1.807, 2.05) is 17.0 Å². The van der Waals surface area contributed by atoms with Gasteiger partial charge in [0.2, 0.25) is 0 Å². The summed E-state index contributed by atoms with van der Waals surface area (Å²) in [6, 6.07) is 11.8. The second-order valence-corrected chi connectivity index (χ2v) is 5.77. The Morgan fingerprint density at radius 2 is 2.14 bits per heavy atom. The standard InChI is InChI=1S/C17H17ClN2O/c1-12-5-2-3-6-14(12)15-7-4-10-20(15)17(21)13-8-9-19-16(18)11-13/h2-3,5-6,8-9,11,15H,4,7,10H2,1H3. The second-order valence-electron chi connectivity index (χ2n) is 5.38. The minimum atomic E-state index is 0.0325. The van der Waals surface area contributed by atoms with Gasteiger partial charge in [-0.3, -0.25) is 4.79 Å². The van der Waals surface area contributed by atoms with E-state index in [-0.39, 0.29) is 11.9 Å². The molecule has 0 radical (unpaired) electrons. The molecule has 2 aromatic rings. The van der Waals surface area contributed by atoms with Crippen molar-refractivity contribution in [2.75, 3.05) is 6.54 Å². The number of aryl methyl sites for hydroxylation is 1. The van der Waals surface area contributed by atoms with Crippen LogP contribution in [0.5, 0.6) is 0 Å². The molecule has 0 bridgehead atoms. The first-order chi connectivity index (χ1) is 10.2. The van der Waals surface area contributed by atoms with Gasteiger partial charge in [-0.2, -0.15) is 0 Å². The van der Waals surface area contributed by atoms with Gasteiger partial charge in [0.25, 0.3) is 5.91 Å². The van der Waals surface area contributed by atoms with E-state index in [9.17, 15) is 4.79 Å². The molecule has 3 nitrogen and oxygen atoms in total. The topological polar surface area (TPSA) is 33.2 Å². The molecule has 3 rings (SSSR count). The van der Waals surface area contributed by atoms with Crippen molar-refractivity contribution in [1.82, 2.24) is 9.88 Å². The van der Waals surface area contributed by atoms with E-state index < -0.39 is 0 Å². The van der Waals surface area contributed by atoms with Crippen LogP contribution in [0, 0.1) is 6.92 Å². The summed E-state index contributed by atoms with van der Waals surface area (Å²) in [4.78, 5) is 18.6. The SMILES string of the molecule is Cc1ccccc1C1CCCN1C(=O)c1ccnc(Cl)c1. The van der Waals surface area contributed by atoms with Gasteiger partial charge in [-0.1, -0.05) is 35.9 Å². The van der Waals surface area contributed by atoms with Crippen molar-refractivity contribution in [1.29, 1.82) is 0 Å². The molecule has 108 valence electrons. The Morgan fingerprint density at radius 3 is 2.90 bits per heavy atom. The molecule has 0 N–H and O–H groups in total. The van der Waals surface area contributed by atoms with Crippen LogP contribution in [-0.2, 0) is 0 Å². The van der Waals surface area contributed by atoms with Gasteiger partial charge in [-0.05, 0) is 43.0 Å². The van der Waals surface area contributed by atoms with E-state index in [1.165, 1.54) is 11.1 Å². The number of likely N-dealkylation sites (tertiary alicyclic amines) is 1.